The van der Waals surface area contributed by atoms with E-state index in [-0.39, 0.29) is 0 Å². The molecule has 0 radical (unpaired) electrons. The number of nitrogens with one attached hydrogen (secondary N) is 1. The van der Waals surface area contributed by atoms with Gasteiger partial charge < -0.3 is 14.8 Å². The lowest BCUT2D eigenvalue weighted by molar-refractivity contribution is 0.0792. The highest BCUT2D eigenvalue weighted by Crippen LogP contribution is 2.04. The van der Waals surface area contributed by atoms with E-state index in [1.54, 1.807) is 0 Å². The van der Waals surface area contributed by atoms with Crippen LogP contribution in [0.4, 0.5) is 0 Å². The van der Waals surface area contributed by atoms with E-state index in [2.05, 4.69) is 27.3 Å². The molecule has 0 fully saturated rings. The van der Waals surface area contributed by atoms with Crippen LogP contribution in [0.15, 0.2) is 18.3 Å². The lowest BCUT2D eigenvalue weighted by Crippen LogP contribution is -2.31. The molecule has 1 aromatic heterocycles. The average Bonchev–Trinajstić information content (AvgIpc) is 2.50. The molecule has 0 spiro atoms. The standard InChI is InChI=1S/C16H29N3O2/c1-4-20-10-8-19(9-11-21-5-2)14-16-7-6-15(12-17-3)13-18-16/h6-7,13,17H,4-5,8-12,14H2,1-3H3. The van der Waals surface area contributed by atoms with Crippen LogP contribution in [-0.2, 0) is 22.6 Å². The third-order valence-corrected chi connectivity index (χ3v) is 3.16. The Labute approximate surface area is 128 Å². The van der Waals surface area contributed by atoms with Gasteiger partial charge >= 0.3 is 0 Å². The highest BCUT2D eigenvalue weighted by Gasteiger charge is 2.07. The van der Waals surface area contributed by atoms with E-state index in [1.807, 2.05) is 27.1 Å². The highest BCUT2D eigenvalue weighted by molar-refractivity contribution is 5.13. The fourth-order valence-corrected chi connectivity index (χ4v) is 2.03. The molecule has 1 N–H and O–H groups in total. The molecule has 0 saturated carbocycles. The lowest BCUT2D eigenvalue weighted by Gasteiger charge is -2.21. The zero-order chi connectivity index (χ0) is 15.3. The molecular weight excluding hydrogens is 266 g/mol. The van der Waals surface area contributed by atoms with Crippen LogP contribution in [0.25, 0.3) is 0 Å². The topological polar surface area (TPSA) is 46.6 Å². The predicted octanol–water partition coefficient (Wildman–Crippen LogP) is 1.68. The minimum absolute atomic E-state index is 0.750. The molecule has 1 aromatic rings. The van der Waals surface area contributed by atoms with Crippen molar-refractivity contribution in [3.8, 4) is 0 Å². The zero-order valence-corrected chi connectivity index (χ0v) is 13.6. The van der Waals surface area contributed by atoms with E-state index in [0.717, 1.165) is 58.3 Å². The Morgan fingerprint density at radius 1 is 1.10 bits per heavy atom. The van der Waals surface area contributed by atoms with Gasteiger partial charge in [0.15, 0.2) is 0 Å². The van der Waals surface area contributed by atoms with Gasteiger partial charge in [-0.2, -0.15) is 0 Å². The molecule has 0 aliphatic carbocycles. The van der Waals surface area contributed by atoms with E-state index in [9.17, 15) is 0 Å². The Morgan fingerprint density at radius 2 is 1.76 bits per heavy atom. The van der Waals surface area contributed by atoms with Crippen molar-refractivity contribution in [2.75, 3.05) is 46.6 Å². The molecule has 5 heteroatoms. The summed E-state index contributed by atoms with van der Waals surface area (Å²) in [6.45, 7) is 10.6. The second-order valence-corrected chi connectivity index (χ2v) is 4.86. The van der Waals surface area contributed by atoms with E-state index in [1.165, 1.54) is 5.56 Å². The number of nitrogens with zero attached hydrogens (tertiary/aromatic N) is 2. The molecule has 0 aromatic carbocycles. The predicted molar refractivity (Wildman–Crippen MR) is 85.3 cm³/mol. The van der Waals surface area contributed by atoms with Crippen LogP contribution in [0.3, 0.4) is 0 Å². The fourth-order valence-electron chi connectivity index (χ4n) is 2.03. The Morgan fingerprint density at radius 3 is 2.24 bits per heavy atom. The van der Waals surface area contributed by atoms with Crippen LogP contribution >= 0.6 is 0 Å². The summed E-state index contributed by atoms with van der Waals surface area (Å²) in [6, 6.07) is 4.23. The van der Waals surface area contributed by atoms with E-state index in [0.29, 0.717) is 0 Å². The summed E-state index contributed by atoms with van der Waals surface area (Å²) in [5.41, 5.74) is 2.29. The highest BCUT2D eigenvalue weighted by atomic mass is 16.5. The maximum absolute atomic E-state index is 5.45. The fraction of sp³-hybridized carbons (Fsp3) is 0.688. The minimum atomic E-state index is 0.750. The summed E-state index contributed by atoms with van der Waals surface area (Å²) in [4.78, 5) is 6.86. The maximum atomic E-state index is 5.45. The van der Waals surface area contributed by atoms with Gasteiger partial charge in [0.2, 0.25) is 0 Å². The van der Waals surface area contributed by atoms with Crippen LogP contribution < -0.4 is 5.32 Å². The van der Waals surface area contributed by atoms with Crippen molar-refractivity contribution in [3.63, 3.8) is 0 Å². The number of hydrogen-bond acceptors (Lipinski definition) is 5. The van der Waals surface area contributed by atoms with Crippen LogP contribution in [0, 0.1) is 0 Å². The SMILES string of the molecule is CCOCCN(CCOCC)Cc1ccc(CNC)cn1. The van der Waals surface area contributed by atoms with Crippen molar-refractivity contribution in [1.29, 1.82) is 0 Å². The number of hydrogen-bond donors (Lipinski definition) is 1. The van der Waals surface area contributed by atoms with Gasteiger partial charge in [-0.25, -0.2) is 0 Å². The molecule has 1 heterocycles. The molecule has 0 saturated heterocycles. The van der Waals surface area contributed by atoms with Gasteiger partial charge in [-0.05, 0) is 32.5 Å². The van der Waals surface area contributed by atoms with Crippen molar-refractivity contribution < 1.29 is 9.47 Å². The van der Waals surface area contributed by atoms with Gasteiger partial charge in [0.25, 0.3) is 0 Å². The molecule has 0 atom stereocenters. The molecule has 0 aliphatic heterocycles. The molecule has 120 valence electrons. The zero-order valence-electron chi connectivity index (χ0n) is 13.6. The monoisotopic (exact) mass is 295 g/mol. The van der Waals surface area contributed by atoms with Gasteiger partial charge in [-0.1, -0.05) is 6.07 Å². The first-order valence-corrected chi connectivity index (χ1v) is 7.76. The molecule has 5 nitrogen and oxygen atoms in total. The van der Waals surface area contributed by atoms with Crippen LogP contribution in [0.5, 0.6) is 0 Å². The summed E-state index contributed by atoms with van der Waals surface area (Å²) in [7, 11) is 1.94. The van der Waals surface area contributed by atoms with Crippen molar-refractivity contribution in [3.05, 3.63) is 29.6 Å². The average molecular weight is 295 g/mol. The molecule has 0 amide bonds. The van der Waals surface area contributed by atoms with Gasteiger partial charge in [0, 0.05) is 45.6 Å². The summed E-state index contributed by atoms with van der Waals surface area (Å²) < 4.78 is 10.9. The summed E-state index contributed by atoms with van der Waals surface area (Å²) in [5.74, 6) is 0. The summed E-state index contributed by atoms with van der Waals surface area (Å²) in [6.07, 6.45) is 1.94. The van der Waals surface area contributed by atoms with Crippen molar-refractivity contribution in [2.45, 2.75) is 26.9 Å². The first kappa shape index (κ1) is 18.0. The molecule has 0 unspecified atom stereocenters. The quantitative estimate of drug-likeness (QED) is 0.594. The number of pyridine rings is 1. The number of aromatic nitrogens is 1. The van der Waals surface area contributed by atoms with Crippen molar-refractivity contribution >= 4 is 0 Å². The van der Waals surface area contributed by atoms with Crippen LogP contribution in [0.1, 0.15) is 25.1 Å². The maximum Gasteiger partial charge on any atom is 0.0593 e. The smallest absolute Gasteiger partial charge is 0.0593 e. The van der Waals surface area contributed by atoms with E-state index in [4.69, 9.17) is 9.47 Å². The lowest BCUT2D eigenvalue weighted by atomic mass is 10.2. The molecular formula is C16H29N3O2. The van der Waals surface area contributed by atoms with Gasteiger partial charge in [-0.3, -0.25) is 9.88 Å². The molecule has 1 rings (SSSR count). The number of rotatable bonds is 12. The molecule has 0 bridgehead atoms. The van der Waals surface area contributed by atoms with Crippen molar-refractivity contribution in [1.82, 2.24) is 15.2 Å². The Kier molecular flexibility index (Phi) is 9.99. The largest absolute Gasteiger partial charge is 0.380 e. The van der Waals surface area contributed by atoms with E-state index < -0.39 is 0 Å². The first-order chi connectivity index (χ1) is 10.3. The Hall–Kier alpha value is -1.01. The normalized spacial score (nSPS) is 11.2. The first-order valence-electron chi connectivity index (χ1n) is 7.76. The third-order valence-electron chi connectivity index (χ3n) is 3.16. The summed E-state index contributed by atoms with van der Waals surface area (Å²) in [5, 5.41) is 3.13. The Bertz CT molecular complexity index is 347. The van der Waals surface area contributed by atoms with E-state index >= 15 is 0 Å². The summed E-state index contributed by atoms with van der Waals surface area (Å²) >= 11 is 0. The van der Waals surface area contributed by atoms with Gasteiger partial charge in [0.1, 0.15) is 0 Å². The van der Waals surface area contributed by atoms with Crippen LogP contribution in [0.2, 0.25) is 0 Å². The van der Waals surface area contributed by atoms with Crippen LogP contribution in [-0.4, -0.2) is 56.4 Å². The second-order valence-electron chi connectivity index (χ2n) is 4.86. The van der Waals surface area contributed by atoms with Gasteiger partial charge in [-0.15, -0.1) is 0 Å². The van der Waals surface area contributed by atoms with Crippen molar-refractivity contribution in [2.24, 2.45) is 0 Å². The Balaban J connectivity index is 2.48. The second kappa shape index (κ2) is 11.6. The molecule has 21 heavy (non-hydrogen) atoms. The molecule has 0 aliphatic rings. The van der Waals surface area contributed by atoms with Gasteiger partial charge in [0.05, 0.1) is 18.9 Å². The minimum Gasteiger partial charge on any atom is -0.380 e. The third kappa shape index (κ3) is 8.12. The number of ether oxygens (including phenoxy) is 2.